The predicted molar refractivity (Wildman–Crippen MR) is 108 cm³/mol. The molecule has 5 nitrogen and oxygen atoms in total. The molecule has 3 aromatic rings. The van der Waals surface area contributed by atoms with E-state index in [1.54, 1.807) is 18.2 Å². The van der Waals surface area contributed by atoms with Crippen molar-refractivity contribution >= 4 is 11.5 Å². The number of benzene rings is 2. The van der Waals surface area contributed by atoms with Gasteiger partial charge in [0.1, 0.15) is 11.9 Å². The van der Waals surface area contributed by atoms with Crippen molar-refractivity contribution in [2.75, 3.05) is 18.0 Å². The van der Waals surface area contributed by atoms with Crippen molar-refractivity contribution in [1.82, 2.24) is 4.98 Å². The number of ether oxygens (including phenoxy) is 1. The number of pyridine rings is 1. The number of aliphatic hydroxyl groups excluding tert-OH is 1. The molecule has 0 aliphatic carbocycles. The summed E-state index contributed by atoms with van der Waals surface area (Å²) < 4.78 is 32.6. The van der Waals surface area contributed by atoms with Crippen molar-refractivity contribution < 1.29 is 23.4 Å². The fourth-order valence-electron chi connectivity index (χ4n) is 3.59. The highest BCUT2D eigenvalue weighted by Crippen LogP contribution is 2.28. The first-order valence-electron chi connectivity index (χ1n) is 9.61. The zero-order valence-corrected chi connectivity index (χ0v) is 16.1. The number of hydrogen-bond acceptors (Lipinski definition) is 5. The van der Waals surface area contributed by atoms with E-state index >= 15 is 0 Å². The van der Waals surface area contributed by atoms with E-state index in [1.165, 1.54) is 42.6 Å². The van der Waals surface area contributed by atoms with Gasteiger partial charge >= 0.3 is 0 Å². The first-order valence-corrected chi connectivity index (χ1v) is 9.61. The predicted octanol–water partition coefficient (Wildman–Crippen LogP) is 3.74. The maximum atomic E-state index is 13.8. The Morgan fingerprint density at radius 3 is 2.63 bits per heavy atom. The summed E-state index contributed by atoms with van der Waals surface area (Å²) in [7, 11) is 0. The highest BCUT2D eigenvalue weighted by atomic mass is 19.1. The molecule has 2 heterocycles. The topological polar surface area (TPSA) is 62.7 Å². The van der Waals surface area contributed by atoms with Crippen LogP contribution in [0.25, 0.3) is 0 Å². The van der Waals surface area contributed by atoms with Gasteiger partial charge in [-0.05, 0) is 54.6 Å². The molecule has 1 saturated heterocycles. The highest BCUT2D eigenvalue weighted by Gasteiger charge is 2.27. The van der Waals surface area contributed by atoms with E-state index in [2.05, 4.69) is 4.98 Å². The fraction of sp³-hybridized carbons (Fsp3) is 0.217. The van der Waals surface area contributed by atoms with Crippen molar-refractivity contribution in [1.29, 1.82) is 0 Å². The summed E-state index contributed by atoms with van der Waals surface area (Å²) >= 11 is 0. The Morgan fingerprint density at radius 2 is 1.90 bits per heavy atom. The van der Waals surface area contributed by atoms with E-state index in [1.807, 2.05) is 4.90 Å². The molecule has 2 aromatic carbocycles. The molecule has 154 valence electrons. The second kappa shape index (κ2) is 8.59. The lowest BCUT2D eigenvalue weighted by molar-refractivity contribution is 0.103. The van der Waals surface area contributed by atoms with Crippen LogP contribution in [0.5, 0.6) is 5.88 Å². The third-order valence-electron chi connectivity index (χ3n) is 5.11. The van der Waals surface area contributed by atoms with Gasteiger partial charge in [-0.25, -0.2) is 13.8 Å². The van der Waals surface area contributed by atoms with Crippen LogP contribution in [-0.4, -0.2) is 35.1 Å². The number of aliphatic hydroxyl groups is 1. The van der Waals surface area contributed by atoms with Crippen molar-refractivity contribution in [3.63, 3.8) is 0 Å². The number of nitrogens with zero attached hydrogens (tertiary/aromatic N) is 2. The number of carbonyl (C=O) groups excluding carboxylic acids is 1. The highest BCUT2D eigenvalue weighted by molar-refractivity contribution is 6.09. The third-order valence-corrected chi connectivity index (χ3v) is 5.11. The number of rotatable bonds is 6. The first-order chi connectivity index (χ1) is 14.5. The van der Waals surface area contributed by atoms with Crippen LogP contribution in [0.15, 0.2) is 60.8 Å². The molecule has 0 bridgehead atoms. The Morgan fingerprint density at radius 1 is 1.13 bits per heavy atom. The molecule has 7 heteroatoms. The third kappa shape index (κ3) is 4.16. The second-order valence-electron chi connectivity index (χ2n) is 7.10. The van der Waals surface area contributed by atoms with Crippen molar-refractivity contribution in [2.45, 2.75) is 19.1 Å². The molecule has 0 amide bonds. The summed E-state index contributed by atoms with van der Waals surface area (Å²) in [6.07, 6.45) is 1.92. The fourth-order valence-corrected chi connectivity index (χ4v) is 3.59. The Balaban J connectivity index is 1.50. The molecule has 0 unspecified atom stereocenters. The van der Waals surface area contributed by atoms with E-state index in [0.717, 1.165) is 5.69 Å². The number of hydrogen-bond donors (Lipinski definition) is 1. The molecule has 0 spiro atoms. The van der Waals surface area contributed by atoms with Crippen LogP contribution in [0.4, 0.5) is 14.5 Å². The average molecular weight is 410 g/mol. The van der Waals surface area contributed by atoms with Crippen molar-refractivity contribution in [3.8, 4) is 5.88 Å². The molecule has 0 radical (unpaired) electrons. The summed E-state index contributed by atoms with van der Waals surface area (Å²) in [6.45, 7) is 0.933. The van der Waals surface area contributed by atoms with Crippen molar-refractivity contribution in [3.05, 3.63) is 89.1 Å². The van der Waals surface area contributed by atoms with E-state index in [4.69, 9.17) is 4.74 Å². The van der Waals surface area contributed by atoms with Gasteiger partial charge in [0.05, 0.1) is 13.2 Å². The van der Waals surface area contributed by atoms with Gasteiger partial charge in [-0.1, -0.05) is 0 Å². The van der Waals surface area contributed by atoms with Gasteiger partial charge in [-0.3, -0.25) is 4.79 Å². The molecular formula is C23H20F2N2O3. The van der Waals surface area contributed by atoms with Gasteiger partial charge in [0.2, 0.25) is 0 Å². The molecule has 1 aliphatic heterocycles. The zero-order chi connectivity index (χ0) is 21.1. The molecule has 4 rings (SSSR count). The molecule has 1 aliphatic rings. The number of aromatic nitrogens is 1. The summed E-state index contributed by atoms with van der Waals surface area (Å²) in [5.74, 6) is -1.18. The van der Waals surface area contributed by atoms with Crippen LogP contribution in [0.3, 0.4) is 0 Å². The van der Waals surface area contributed by atoms with E-state index in [9.17, 15) is 18.7 Å². The Kier molecular flexibility index (Phi) is 5.72. The van der Waals surface area contributed by atoms with Crippen molar-refractivity contribution in [2.24, 2.45) is 0 Å². The second-order valence-corrected chi connectivity index (χ2v) is 7.10. The lowest BCUT2D eigenvalue weighted by Gasteiger charge is -2.22. The lowest BCUT2D eigenvalue weighted by atomic mass is 10.00. The van der Waals surface area contributed by atoms with E-state index < -0.39 is 11.6 Å². The average Bonchev–Trinajstić information content (AvgIpc) is 3.23. The minimum atomic E-state index is -0.504. The molecule has 30 heavy (non-hydrogen) atoms. The van der Waals surface area contributed by atoms with Crippen LogP contribution in [-0.2, 0) is 6.61 Å². The largest absolute Gasteiger partial charge is 0.470 e. The zero-order valence-electron chi connectivity index (χ0n) is 16.1. The summed E-state index contributed by atoms with van der Waals surface area (Å²) in [5, 5.41) is 9.85. The molecule has 1 aromatic heterocycles. The molecular weight excluding hydrogens is 390 g/mol. The maximum absolute atomic E-state index is 13.8. The van der Waals surface area contributed by atoms with E-state index in [0.29, 0.717) is 36.2 Å². The van der Waals surface area contributed by atoms with Crippen LogP contribution in [0, 0.1) is 11.6 Å². The quantitative estimate of drug-likeness (QED) is 0.628. The van der Waals surface area contributed by atoms with Gasteiger partial charge in [0, 0.05) is 41.5 Å². The van der Waals surface area contributed by atoms with Gasteiger partial charge in [-0.15, -0.1) is 0 Å². The number of carbonyl (C=O) groups is 1. The first kappa shape index (κ1) is 20.0. The van der Waals surface area contributed by atoms with Crippen LogP contribution in [0.1, 0.15) is 27.9 Å². The van der Waals surface area contributed by atoms with E-state index in [-0.39, 0.29) is 24.4 Å². The Bertz CT molecular complexity index is 1060. The minimum Gasteiger partial charge on any atom is -0.470 e. The molecule has 1 N–H and O–H groups in total. The Labute approximate surface area is 172 Å². The van der Waals surface area contributed by atoms with Crippen LogP contribution < -0.4 is 9.64 Å². The number of anilines is 1. The maximum Gasteiger partial charge on any atom is 0.250 e. The molecule has 1 fully saturated rings. The van der Waals surface area contributed by atoms with Gasteiger partial charge in [0.15, 0.2) is 11.6 Å². The van der Waals surface area contributed by atoms with Gasteiger partial charge in [0.25, 0.3) is 5.88 Å². The van der Waals surface area contributed by atoms with Gasteiger partial charge < -0.3 is 14.7 Å². The smallest absolute Gasteiger partial charge is 0.250 e. The SMILES string of the molecule is O=C(c1ccc(F)cc1)c1ccc(N2CC[C@H](Oc3ncccc3F)C2)c(CO)c1. The summed E-state index contributed by atoms with van der Waals surface area (Å²) in [4.78, 5) is 18.6. The number of halogens is 2. The summed E-state index contributed by atoms with van der Waals surface area (Å²) in [5.41, 5.74) is 2.19. The summed E-state index contributed by atoms with van der Waals surface area (Å²) in [6, 6.07) is 13.3. The normalized spacial score (nSPS) is 16.0. The monoisotopic (exact) mass is 410 g/mol. The Hall–Kier alpha value is -3.32. The lowest BCUT2D eigenvalue weighted by Crippen LogP contribution is -2.26. The molecule has 1 atom stereocenters. The minimum absolute atomic E-state index is 0.0213. The number of ketones is 1. The van der Waals surface area contributed by atoms with Gasteiger partial charge in [-0.2, -0.15) is 0 Å². The van der Waals surface area contributed by atoms with Crippen LogP contribution >= 0.6 is 0 Å². The standard InChI is InChI=1S/C23H20F2N2O3/c24-18-6-3-15(4-7-18)22(29)16-5-8-21(17(12-16)14-28)27-11-9-19(13-27)30-23-20(25)2-1-10-26-23/h1-8,10,12,19,28H,9,11,13-14H2/t19-/m0/s1. The van der Waals surface area contributed by atoms with Crippen LogP contribution in [0.2, 0.25) is 0 Å². The molecule has 0 saturated carbocycles.